The highest BCUT2D eigenvalue weighted by Gasteiger charge is 2.57. The summed E-state index contributed by atoms with van der Waals surface area (Å²) in [5.41, 5.74) is 11.7. The molecule has 5 aliphatic rings. The number of ether oxygens (including phenoxy) is 5. The number of thioether (sulfide) groups is 1. The zero-order valence-corrected chi connectivity index (χ0v) is 37.1. The van der Waals surface area contributed by atoms with Gasteiger partial charge in [0.15, 0.2) is 18.3 Å². The minimum absolute atomic E-state index is 0.00678. The van der Waals surface area contributed by atoms with Gasteiger partial charge in [-0.3, -0.25) is 14.6 Å². The molecule has 4 aromatic carbocycles. The van der Waals surface area contributed by atoms with E-state index in [4.69, 9.17) is 46.9 Å². The number of esters is 1. The molecule has 0 radical (unpaired) electrons. The lowest BCUT2D eigenvalue weighted by Crippen LogP contribution is -2.68. The van der Waals surface area contributed by atoms with Gasteiger partial charge in [-0.05, 0) is 79.6 Å². The van der Waals surface area contributed by atoms with Crippen LogP contribution in [0.2, 0.25) is 0 Å². The first-order valence-corrected chi connectivity index (χ1v) is 22.6. The van der Waals surface area contributed by atoms with Crippen LogP contribution in [-0.4, -0.2) is 90.2 Å². The van der Waals surface area contributed by atoms with Crippen LogP contribution in [0.3, 0.4) is 0 Å². The van der Waals surface area contributed by atoms with Crippen LogP contribution >= 0.6 is 35.0 Å². The van der Waals surface area contributed by atoms with E-state index in [0.29, 0.717) is 35.7 Å². The van der Waals surface area contributed by atoms with Crippen molar-refractivity contribution in [2.24, 2.45) is 5.92 Å². The first kappa shape index (κ1) is 42.5. The van der Waals surface area contributed by atoms with E-state index < -0.39 is 12.1 Å². The van der Waals surface area contributed by atoms with Crippen LogP contribution in [0.1, 0.15) is 75.0 Å². The van der Waals surface area contributed by atoms with E-state index in [0.717, 1.165) is 44.9 Å². The van der Waals surface area contributed by atoms with Gasteiger partial charge in [0.1, 0.15) is 24.1 Å². The van der Waals surface area contributed by atoms with Gasteiger partial charge in [-0.1, -0.05) is 61.5 Å². The Labute approximate surface area is 366 Å². The number of carbonyl (C=O) groups excluding carboxylic acids is 1. The largest absolute Gasteiger partial charge is 0.507 e. The van der Waals surface area contributed by atoms with Gasteiger partial charge in [-0.15, -0.1) is 23.2 Å². The number of alkyl halides is 2. The van der Waals surface area contributed by atoms with Crippen LogP contribution in [0, 0.1) is 38.0 Å². The molecule has 1 aliphatic carbocycles. The SMILES string of the molecule is COCOc1c(C)c(C)cc2c1[C@@H]1C3Cc4c(O)c(C)c5c(c4[C@H](COC(=O)[C@H](C)CSCC4c6ccccc6-c6ccccc64)N3[C@@H](C#N)[C@H](C2)N1C)OCO5.ClCCl. The van der Waals surface area contributed by atoms with Crippen molar-refractivity contribution < 1.29 is 33.6 Å². The van der Waals surface area contributed by atoms with E-state index in [1.54, 1.807) is 18.9 Å². The highest BCUT2D eigenvalue weighted by molar-refractivity contribution is 7.99. The van der Waals surface area contributed by atoms with Crippen LogP contribution in [0.4, 0.5) is 0 Å². The maximum absolute atomic E-state index is 14.0. The summed E-state index contributed by atoms with van der Waals surface area (Å²) in [5.74, 6) is 3.06. The summed E-state index contributed by atoms with van der Waals surface area (Å²) in [6.45, 7) is 8.05. The molecule has 0 aromatic heterocycles. The predicted molar refractivity (Wildman–Crippen MR) is 235 cm³/mol. The molecule has 10 nitrogen and oxygen atoms in total. The number of nitrogens with zero attached hydrogens (tertiary/aromatic N) is 3. The maximum Gasteiger partial charge on any atom is 0.309 e. The van der Waals surface area contributed by atoms with Crippen molar-refractivity contribution in [1.82, 2.24) is 9.80 Å². The molecule has 0 saturated carbocycles. The van der Waals surface area contributed by atoms with Gasteiger partial charge in [0.25, 0.3) is 0 Å². The lowest BCUT2D eigenvalue weighted by molar-refractivity contribution is -0.152. The van der Waals surface area contributed by atoms with Gasteiger partial charge in [-0.25, -0.2) is 0 Å². The quantitative estimate of drug-likeness (QED) is 0.0937. The Morgan fingerprint density at radius 2 is 1.67 bits per heavy atom. The molecule has 60 heavy (non-hydrogen) atoms. The molecule has 1 fully saturated rings. The van der Waals surface area contributed by atoms with E-state index in [2.05, 4.69) is 91.4 Å². The fourth-order valence-corrected chi connectivity index (χ4v) is 11.5. The van der Waals surface area contributed by atoms with Gasteiger partial charge < -0.3 is 28.8 Å². The highest BCUT2D eigenvalue weighted by atomic mass is 35.5. The number of carbonyl (C=O) groups is 1. The Morgan fingerprint density at radius 1 is 1.00 bits per heavy atom. The topological polar surface area (TPSA) is 114 Å². The molecule has 1 saturated heterocycles. The van der Waals surface area contributed by atoms with Crippen LogP contribution in [-0.2, 0) is 27.1 Å². The number of piperazine rings is 1. The normalized spacial score (nSPS) is 22.6. The van der Waals surface area contributed by atoms with Crippen molar-refractivity contribution in [1.29, 1.82) is 5.26 Å². The van der Waals surface area contributed by atoms with Gasteiger partial charge in [0, 0.05) is 58.9 Å². The number of methoxy groups -OCH3 is 1. The summed E-state index contributed by atoms with van der Waals surface area (Å²) in [6.07, 6.45) is 1.09. The average Bonchev–Trinajstić information content (AvgIpc) is 3.86. The molecule has 4 aliphatic heterocycles. The van der Waals surface area contributed by atoms with E-state index in [1.165, 1.54) is 22.3 Å². The number of aromatic hydroxyl groups is 1. The van der Waals surface area contributed by atoms with E-state index in [-0.39, 0.29) is 67.2 Å². The zero-order valence-electron chi connectivity index (χ0n) is 34.8. The van der Waals surface area contributed by atoms with Crippen LogP contribution in [0.25, 0.3) is 11.1 Å². The molecule has 9 rings (SSSR count). The lowest BCUT2D eigenvalue weighted by Gasteiger charge is -2.60. The molecule has 2 bridgehead atoms. The van der Waals surface area contributed by atoms with Gasteiger partial charge in [0.05, 0.1) is 29.4 Å². The first-order valence-electron chi connectivity index (χ1n) is 20.4. The number of halogens is 2. The number of rotatable bonds is 10. The number of aryl methyl sites for hydroxylation is 1. The number of hydrogen-bond acceptors (Lipinski definition) is 11. The fraction of sp³-hybridized carbons (Fsp3) is 0.447. The fourth-order valence-electron chi connectivity index (χ4n) is 10.3. The molecule has 4 heterocycles. The minimum atomic E-state index is -0.573. The number of hydrogen-bond donors (Lipinski definition) is 1. The number of likely N-dealkylation sites (N-methyl/N-ethyl adjacent to an activating group) is 1. The number of phenolic OH excluding ortho intramolecular Hbond substituents is 1. The standard InChI is InChI=1S/C46H49N3O7S.CH2Cl2/c1-24-15-28-16-35-37(18-47)49-36(41(48(35)5)39(28)43(26(24)3)54-22-52-6)17-33-40(45-44(55-23-56-45)27(4)42(33)50)38(49)19-53-46(51)25(2)20-57-21-34-31-13-9-7-11-29(31)30-12-8-10-14-32(30)34;2-1-3/h7-15,25,34-38,41,50H,16-17,19-23H2,1-6H3;1H2/t25-,35+,36?,37+,38+,41+;/m1./s1. The van der Waals surface area contributed by atoms with Crippen molar-refractivity contribution in [3.8, 4) is 40.2 Å². The van der Waals surface area contributed by atoms with Crippen LogP contribution in [0.5, 0.6) is 23.0 Å². The summed E-state index contributed by atoms with van der Waals surface area (Å²) < 4.78 is 30.1. The van der Waals surface area contributed by atoms with Gasteiger partial charge >= 0.3 is 5.97 Å². The Morgan fingerprint density at radius 3 is 2.33 bits per heavy atom. The number of nitriles is 1. The Balaban J connectivity index is 0.00000162. The monoisotopic (exact) mass is 871 g/mol. The van der Waals surface area contributed by atoms with E-state index in [9.17, 15) is 15.2 Å². The molecule has 0 spiro atoms. The summed E-state index contributed by atoms with van der Waals surface area (Å²) in [7, 11) is 3.71. The molecule has 0 amide bonds. The second-order valence-corrected chi connectivity index (χ2v) is 18.2. The minimum Gasteiger partial charge on any atom is -0.507 e. The molecule has 1 N–H and O–H groups in total. The van der Waals surface area contributed by atoms with Crippen LogP contribution < -0.4 is 14.2 Å². The van der Waals surface area contributed by atoms with Crippen molar-refractivity contribution in [3.05, 3.63) is 105 Å². The maximum atomic E-state index is 14.0. The first-order chi connectivity index (χ1) is 29.1. The third-order valence-corrected chi connectivity index (χ3v) is 14.5. The average molecular weight is 873 g/mol. The molecule has 4 aromatic rings. The Bertz CT molecular complexity index is 2290. The van der Waals surface area contributed by atoms with Crippen molar-refractivity contribution in [2.45, 2.75) is 76.7 Å². The number of phenols is 1. The summed E-state index contributed by atoms with van der Waals surface area (Å²) in [4.78, 5) is 18.5. The van der Waals surface area contributed by atoms with E-state index >= 15 is 0 Å². The third-order valence-electron chi connectivity index (χ3n) is 13.2. The van der Waals surface area contributed by atoms with Crippen molar-refractivity contribution in [2.75, 3.05) is 51.2 Å². The predicted octanol–water partition coefficient (Wildman–Crippen LogP) is 8.95. The number of benzene rings is 4. The smallest absolute Gasteiger partial charge is 0.309 e. The molecule has 6 atom stereocenters. The lowest BCUT2D eigenvalue weighted by atomic mass is 9.71. The highest BCUT2D eigenvalue weighted by Crippen LogP contribution is 2.58. The molecule has 13 heteroatoms. The molecule has 1 unspecified atom stereocenters. The molecule has 316 valence electrons. The number of fused-ring (bicyclic) bond motifs is 12. The van der Waals surface area contributed by atoms with Gasteiger partial charge in [-0.2, -0.15) is 17.0 Å². The van der Waals surface area contributed by atoms with Crippen LogP contribution in [0.15, 0.2) is 54.6 Å². The Kier molecular flexibility index (Phi) is 12.5. The third kappa shape index (κ3) is 7.17. The van der Waals surface area contributed by atoms with Crippen molar-refractivity contribution in [3.63, 3.8) is 0 Å². The summed E-state index contributed by atoms with van der Waals surface area (Å²) in [5, 5.41) is 23.1. The van der Waals surface area contributed by atoms with E-state index in [1.807, 2.05) is 13.8 Å². The summed E-state index contributed by atoms with van der Waals surface area (Å²) in [6, 6.07) is 20.4. The molecular formula is C47H51Cl2N3O7S. The second-order valence-electron chi connectivity index (χ2n) is 16.3. The second kappa shape index (κ2) is 17.7. The van der Waals surface area contributed by atoms with Crippen molar-refractivity contribution >= 4 is 40.9 Å². The zero-order chi connectivity index (χ0) is 42.4. The molecular weight excluding hydrogens is 822 g/mol. The summed E-state index contributed by atoms with van der Waals surface area (Å²) >= 11 is 11.3. The Hall–Kier alpha value is -4.15. The van der Waals surface area contributed by atoms with Gasteiger partial charge in [0.2, 0.25) is 6.79 Å².